The van der Waals surface area contributed by atoms with Crippen molar-refractivity contribution in [2.24, 2.45) is 5.92 Å². The van der Waals surface area contributed by atoms with Crippen molar-refractivity contribution in [3.05, 3.63) is 52.9 Å². The average Bonchev–Trinajstić information content (AvgIpc) is 3.76. The van der Waals surface area contributed by atoms with Gasteiger partial charge in [-0.1, -0.05) is 58.9 Å². The predicted octanol–water partition coefficient (Wildman–Crippen LogP) is 6.66. The molecule has 48 heavy (non-hydrogen) atoms. The summed E-state index contributed by atoms with van der Waals surface area (Å²) in [7, 11) is -0.936. The summed E-state index contributed by atoms with van der Waals surface area (Å²) in [4.78, 5) is 47.4. The van der Waals surface area contributed by atoms with Gasteiger partial charge >= 0.3 is 5.97 Å². The second-order valence-electron chi connectivity index (χ2n) is 14.4. The van der Waals surface area contributed by atoms with E-state index in [2.05, 4.69) is 49.3 Å². The number of aryl methyl sites for hydroxylation is 1. The third-order valence-electron chi connectivity index (χ3n) is 9.47. The van der Waals surface area contributed by atoms with E-state index in [-0.39, 0.29) is 47.3 Å². The number of ether oxygens (including phenoxy) is 2. The van der Waals surface area contributed by atoms with Gasteiger partial charge in [0.25, 0.3) is 5.88 Å². The highest BCUT2D eigenvalue weighted by Gasteiger charge is 2.47. The number of hydrogen-bond donors (Lipinski definition) is 1. The molecule has 1 aliphatic rings. The molecule has 1 saturated heterocycles. The van der Waals surface area contributed by atoms with Gasteiger partial charge in [0.15, 0.2) is 20.2 Å². The first-order valence-electron chi connectivity index (χ1n) is 16.4. The number of carbonyl (C=O) groups excluding carboxylic acids is 3. The maximum Gasteiger partial charge on any atom is 0.346 e. The van der Waals surface area contributed by atoms with E-state index in [4.69, 9.17) is 18.4 Å². The molecule has 11 nitrogen and oxygen atoms in total. The summed E-state index contributed by atoms with van der Waals surface area (Å²) in [5.41, 5.74) is 4.85. The van der Waals surface area contributed by atoms with Gasteiger partial charge in [0.2, 0.25) is 11.8 Å². The molecule has 0 radical (unpaired) electrons. The van der Waals surface area contributed by atoms with Gasteiger partial charge in [-0.15, -0.1) is 11.3 Å². The van der Waals surface area contributed by atoms with Gasteiger partial charge < -0.3 is 28.6 Å². The largest absolute Gasteiger partial charge is 0.466 e. The lowest BCUT2D eigenvalue weighted by atomic mass is 9.91. The summed E-state index contributed by atoms with van der Waals surface area (Å²) in [5, 5.41) is 7.08. The lowest BCUT2D eigenvalue weighted by Gasteiger charge is -2.38. The molecule has 1 N–H and O–H groups in total. The van der Waals surface area contributed by atoms with Crippen LogP contribution in [0.15, 0.2) is 40.4 Å². The van der Waals surface area contributed by atoms with Crippen LogP contribution in [0.5, 0.6) is 5.88 Å². The third-order valence-corrected chi connectivity index (χ3v) is 15.0. The minimum absolute atomic E-state index is 0.0430. The first-order chi connectivity index (χ1) is 22.4. The highest BCUT2D eigenvalue weighted by molar-refractivity contribution is 7.13. The van der Waals surface area contributed by atoms with E-state index < -0.39 is 32.4 Å². The Morgan fingerprint density at radius 3 is 2.33 bits per heavy atom. The van der Waals surface area contributed by atoms with Crippen LogP contribution in [-0.4, -0.2) is 73.0 Å². The zero-order valence-corrected chi connectivity index (χ0v) is 31.8. The molecule has 0 spiro atoms. The molecular weight excluding hydrogens is 649 g/mol. The number of carbonyl (C=O) groups is 3. The van der Waals surface area contributed by atoms with E-state index in [9.17, 15) is 14.4 Å². The Labute approximate surface area is 288 Å². The number of esters is 1. The fourth-order valence-corrected chi connectivity index (χ4v) is 7.82. The number of thiazole rings is 1. The third kappa shape index (κ3) is 8.35. The van der Waals surface area contributed by atoms with Gasteiger partial charge in [0.05, 0.1) is 35.3 Å². The summed E-state index contributed by atoms with van der Waals surface area (Å²) in [6, 6.07) is 8.60. The van der Waals surface area contributed by atoms with Gasteiger partial charge in [-0.05, 0) is 61.1 Å². The SMILES string of the molecule is COC(=O)[C@H](C)Oc1cc([C@H](C(=O)N2CC(O[Si](C)(C)C(C)(C)C)C[C@H]2C(=O)N[C@@H](C)c2ccc(-c3scnc3C)cc2)C(C)C)on1. The molecule has 1 unspecified atom stereocenters. The maximum absolute atomic E-state index is 14.4. The Hall–Kier alpha value is -3.55. The Morgan fingerprint density at radius 1 is 1.10 bits per heavy atom. The summed E-state index contributed by atoms with van der Waals surface area (Å²) in [6.45, 7) is 20.4. The molecule has 13 heteroatoms. The van der Waals surface area contributed by atoms with Gasteiger partial charge in [-0.25, -0.2) is 9.78 Å². The van der Waals surface area contributed by atoms with Crippen LogP contribution in [0, 0.1) is 12.8 Å². The molecule has 1 aliphatic heterocycles. The lowest BCUT2D eigenvalue weighted by molar-refractivity contribution is -0.148. The molecule has 3 heterocycles. The molecule has 2 aromatic heterocycles. The molecule has 2 amide bonds. The van der Waals surface area contributed by atoms with Crippen molar-refractivity contribution in [1.29, 1.82) is 0 Å². The Balaban J connectivity index is 1.57. The highest BCUT2D eigenvalue weighted by atomic mass is 32.1. The van der Waals surface area contributed by atoms with Crippen LogP contribution in [0.25, 0.3) is 10.4 Å². The van der Waals surface area contributed by atoms with E-state index in [1.807, 2.05) is 57.5 Å². The lowest BCUT2D eigenvalue weighted by Crippen LogP contribution is -2.48. The summed E-state index contributed by atoms with van der Waals surface area (Å²) < 4.78 is 22.7. The van der Waals surface area contributed by atoms with E-state index in [1.54, 1.807) is 23.2 Å². The molecule has 4 rings (SSSR count). The molecular formula is C35H50N4O7SSi. The number of hydrogen-bond acceptors (Lipinski definition) is 10. The maximum atomic E-state index is 14.4. The number of amides is 2. The second-order valence-corrected chi connectivity index (χ2v) is 20.0. The van der Waals surface area contributed by atoms with Crippen molar-refractivity contribution >= 4 is 37.4 Å². The average molecular weight is 699 g/mol. The van der Waals surface area contributed by atoms with Crippen LogP contribution in [0.1, 0.15) is 83.9 Å². The number of aromatic nitrogens is 2. The summed E-state index contributed by atoms with van der Waals surface area (Å²) in [5.74, 6) is -1.64. The summed E-state index contributed by atoms with van der Waals surface area (Å²) >= 11 is 1.60. The standard InChI is InChI=1S/C35H50N4O7SSi/c1-20(2)30(28-17-29(38-45-28)44-23(5)34(42)43-9)33(41)39-18-26(46-48(10,11)35(6,7)8)16-27(39)32(40)37-21(3)24-12-14-25(15-13-24)31-22(4)36-19-47-31/h12-15,17,19-21,23,26-27,30H,16,18H2,1-11H3,(H,37,40)/t21-,23-,26?,27-,30+/m0/s1. The second kappa shape index (κ2) is 14.9. The topological polar surface area (TPSA) is 133 Å². The highest BCUT2D eigenvalue weighted by Crippen LogP contribution is 2.40. The molecule has 0 bridgehead atoms. The summed E-state index contributed by atoms with van der Waals surface area (Å²) in [6.07, 6.45) is -0.826. The monoisotopic (exact) mass is 698 g/mol. The van der Waals surface area contributed by atoms with Crippen molar-refractivity contribution < 1.29 is 32.8 Å². The quantitative estimate of drug-likeness (QED) is 0.163. The molecule has 5 atom stereocenters. The molecule has 0 saturated carbocycles. The Bertz CT molecular complexity index is 1580. The fraction of sp³-hybridized carbons (Fsp3) is 0.571. The molecule has 1 aromatic carbocycles. The number of nitrogens with one attached hydrogen (secondary N) is 1. The van der Waals surface area contributed by atoms with Crippen LogP contribution < -0.4 is 10.1 Å². The molecule has 0 aliphatic carbocycles. The fourth-order valence-electron chi connectivity index (χ4n) is 5.65. The van der Waals surface area contributed by atoms with E-state index in [0.717, 1.165) is 21.7 Å². The van der Waals surface area contributed by atoms with Gasteiger partial charge in [0, 0.05) is 19.0 Å². The van der Waals surface area contributed by atoms with E-state index in [1.165, 1.54) is 13.2 Å². The van der Waals surface area contributed by atoms with Crippen LogP contribution >= 0.6 is 11.3 Å². The number of likely N-dealkylation sites (tertiary alicyclic amines) is 1. The molecule has 262 valence electrons. The zero-order valence-electron chi connectivity index (χ0n) is 30.0. The van der Waals surface area contributed by atoms with Crippen molar-refractivity contribution in [2.75, 3.05) is 13.7 Å². The smallest absolute Gasteiger partial charge is 0.346 e. The van der Waals surface area contributed by atoms with Gasteiger partial charge in [-0.2, -0.15) is 0 Å². The number of benzene rings is 1. The van der Waals surface area contributed by atoms with Crippen LogP contribution in [-0.2, 0) is 23.5 Å². The number of methoxy groups -OCH3 is 1. The van der Waals surface area contributed by atoms with Crippen molar-refractivity contribution in [2.45, 2.75) is 110 Å². The van der Waals surface area contributed by atoms with Crippen LogP contribution in [0.2, 0.25) is 18.1 Å². The minimum atomic E-state index is -2.21. The first-order valence-corrected chi connectivity index (χ1v) is 20.2. The minimum Gasteiger partial charge on any atom is -0.466 e. The van der Waals surface area contributed by atoms with E-state index in [0.29, 0.717) is 12.2 Å². The van der Waals surface area contributed by atoms with Gasteiger partial charge in [-0.3, -0.25) is 9.59 Å². The Morgan fingerprint density at radius 2 is 1.77 bits per heavy atom. The Kier molecular flexibility index (Phi) is 11.6. The van der Waals surface area contributed by atoms with Crippen LogP contribution in [0.4, 0.5) is 0 Å². The number of rotatable bonds is 12. The van der Waals surface area contributed by atoms with Crippen molar-refractivity contribution in [3.63, 3.8) is 0 Å². The van der Waals surface area contributed by atoms with E-state index >= 15 is 0 Å². The normalized spacial score (nSPS) is 18.8. The van der Waals surface area contributed by atoms with Crippen molar-refractivity contribution in [1.82, 2.24) is 20.4 Å². The molecule has 3 aromatic rings. The molecule has 1 fully saturated rings. The zero-order chi connectivity index (χ0) is 35.6. The first kappa shape index (κ1) is 37.3. The predicted molar refractivity (Wildman–Crippen MR) is 187 cm³/mol. The van der Waals surface area contributed by atoms with Crippen molar-refractivity contribution in [3.8, 4) is 16.3 Å². The number of nitrogens with zero attached hydrogens (tertiary/aromatic N) is 3. The van der Waals surface area contributed by atoms with Crippen LogP contribution in [0.3, 0.4) is 0 Å². The van der Waals surface area contributed by atoms with Gasteiger partial charge in [0.1, 0.15) is 12.0 Å².